The van der Waals surface area contributed by atoms with Crippen LogP contribution in [0.5, 0.6) is 0 Å². The number of hydrogen-bond acceptors (Lipinski definition) is 5. The average molecular weight is 341 g/mol. The van der Waals surface area contributed by atoms with Crippen LogP contribution < -0.4 is 0 Å². The van der Waals surface area contributed by atoms with Crippen LogP contribution in [0.15, 0.2) is 43.0 Å². The minimum absolute atomic E-state index is 0.388. The van der Waals surface area contributed by atoms with E-state index in [1.165, 1.54) is 6.07 Å². The van der Waals surface area contributed by atoms with E-state index in [4.69, 9.17) is 0 Å². The molecule has 0 saturated carbocycles. The van der Waals surface area contributed by atoms with Crippen LogP contribution in [0.2, 0.25) is 0 Å². The van der Waals surface area contributed by atoms with Gasteiger partial charge in [-0.1, -0.05) is 49.1 Å². The Kier molecular flexibility index (Phi) is 4.49. The molecule has 0 aromatic heterocycles. The van der Waals surface area contributed by atoms with Crippen LogP contribution in [0.1, 0.15) is 11.1 Å². The van der Waals surface area contributed by atoms with Crippen LogP contribution in [0.25, 0.3) is 16.8 Å². The van der Waals surface area contributed by atoms with Gasteiger partial charge in [-0.2, -0.15) is 8.78 Å². The first-order valence-corrected chi connectivity index (χ1v) is 7.73. The fourth-order valence-electron chi connectivity index (χ4n) is 2.02. The molecule has 0 aliphatic rings. The highest BCUT2D eigenvalue weighted by Crippen LogP contribution is 2.26. The monoisotopic (exact) mass is 341 g/mol. The van der Waals surface area contributed by atoms with E-state index >= 15 is 0 Å². The normalized spacial score (nSPS) is 12.1. The number of esters is 1. The summed E-state index contributed by atoms with van der Waals surface area (Å²) in [5.74, 6) is -2.40. The molecule has 8 heteroatoms. The van der Waals surface area contributed by atoms with Crippen LogP contribution in [0.3, 0.4) is 0 Å². The lowest BCUT2D eigenvalue weighted by molar-refractivity contribution is -0.162. The topological polar surface area (TPSA) is 83.5 Å². The third kappa shape index (κ3) is 3.22. The van der Waals surface area contributed by atoms with Crippen molar-refractivity contribution < 1.29 is 31.3 Å². The summed E-state index contributed by atoms with van der Waals surface area (Å²) >= 11 is 0. The molecule has 0 amide bonds. The van der Waals surface area contributed by atoms with Crippen molar-refractivity contribution >= 4 is 32.9 Å². The second kappa shape index (κ2) is 6.05. The molecule has 0 aliphatic carbocycles. The van der Waals surface area contributed by atoms with Gasteiger partial charge < -0.3 is 9.29 Å². The van der Waals surface area contributed by atoms with Gasteiger partial charge in [-0.25, -0.2) is 13.2 Å². The van der Waals surface area contributed by atoms with E-state index in [2.05, 4.69) is 11.3 Å². The maximum absolute atomic E-state index is 13.1. The van der Waals surface area contributed by atoms with Crippen molar-refractivity contribution in [3.8, 4) is 0 Å². The molecule has 0 aliphatic heterocycles. The smallest absolute Gasteiger partial charge is 0.428 e. The Balaban J connectivity index is 2.31. The van der Waals surface area contributed by atoms with Gasteiger partial charge in [0.15, 0.2) is 10.1 Å². The molecule has 0 saturated heterocycles. The van der Waals surface area contributed by atoms with E-state index in [1.807, 2.05) is 0 Å². The molecule has 0 radical (unpaired) electrons. The average Bonchev–Trinajstić information content (AvgIpc) is 2.51. The van der Waals surface area contributed by atoms with Gasteiger partial charge in [-0.3, -0.25) is 0 Å². The molecule has 23 heavy (non-hydrogen) atoms. The third-order valence-corrected chi connectivity index (χ3v) is 3.97. The van der Waals surface area contributed by atoms with E-state index in [9.17, 15) is 26.5 Å². The highest BCUT2D eigenvalue weighted by atomic mass is 32.2. The summed E-state index contributed by atoms with van der Waals surface area (Å²) in [5, 5.41) is -3.73. The third-order valence-electron chi connectivity index (χ3n) is 3.18. The quantitative estimate of drug-likeness (QED) is 0.617. The Bertz CT molecular complexity index is 875. The summed E-state index contributed by atoms with van der Waals surface area (Å²) in [5.41, 5.74) is 1.18. The Labute approximate surface area is 130 Å². The maximum atomic E-state index is 13.1. The van der Waals surface area contributed by atoms with Gasteiger partial charge in [0.1, 0.15) is 6.61 Å². The van der Waals surface area contributed by atoms with Crippen molar-refractivity contribution in [2.24, 2.45) is 0 Å². The fraction of sp³-hybridized carbons (Fsp3) is 0.133. The van der Waals surface area contributed by atoms with Crippen molar-refractivity contribution in [2.75, 3.05) is 0 Å². The van der Waals surface area contributed by atoms with Crippen molar-refractivity contribution in [1.29, 1.82) is 0 Å². The van der Waals surface area contributed by atoms with Crippen LogP contribution in [0.4, 0.5) is 8.78 Å². The fourth-order valence-corrected chi connectivity index (χ4v) is 2.28. The van der Waals surface area contributed by atoms with E-state index in [1.54, 1.807) is 36.4 Å². The van der Waals surface area contributed by atoms with Crippen LogP contribution in [-0.2, 0) is 26.3 Å². The number of carbonyl (C=O) groups excluding carboxylic acids is 1. The Morgan fingerprint density at radius 2 is 1.83 bits per heavy atom. The standard InChI is InChI=1S/C15H12F2O5S/c1-2-10-7-8-11(13-6-4-3-5-12(10)13)9-22-14(18)15(16,17)23(19,20)21/h2-8H,1,9H2,(H,19,20,21)/p-1. The summed E-state index contributed by atoms with van der Waals surface area (Å²) in [6.45, 7) is 3.06. The van der Waals surface area contributed by atoms with Crippen molar-refractivity contribution in [2.45, 2.75) is 11.9 Å². The van der Waals surface area contributed by atoms with Crippen molar-refractivity contribution in [3.05, 3.63) is 54.1 Å². The number of hydrogen-bond donors (Lipinski definition) is 0. The number of benzene rings is 2. The summed E-state index contributed by atoms with van der Waals surface area (Å²) in [6, 6.07) is 10.1. The zero-order chi connectivity index (χ0) is 17.3. The molecule has 0 fully saturated rings. The molecule has 0 unspecified atom stereocenters. The molecular weight excluding hydrogens is 330 g/mol. The number of rotatable bonds is 5. The molecular formula is C15H11F2O5S-. The van der Waals surface area contributed by atoms with Gasteiger partial charge in [0.2, 0.25) is 0 Å². The zero-order valence-corrected chi connectivity index (χ0v) is 12.5. The van der Waals surface area contributed by atoms with Gasteiger partial charge in [-0.15, -0.1) is 0 Å². The second-order valence-corrected chi connectivity index (χ2v) is 6.03. The van der Waals surface area contributed by atoms with Crippen LogP contribution in [0, 0.1) is 0 Å². The summed E-state index contributed by atoms with van der Waals surface area (Å²) in [7, 11) is -6.13. The van der Waals surface area contributed by atoms with Crippen molar-refractivity contribution in [1.82, 2.24) is 0 Å². The van der Waals surface area contributed by atoms with Gasteiger partial charge in [0.05, 0.1) is 0 Å². The van der Waals surface area contributed by atoms with E-state index in [-0.39, 0.29) is 0 Å². The Morgan fingerprint density at radius 3 is 2.39 bits per heavy atom. The first kappa shape index (κ1) is 17.0. The summed E-state index contributed by atoms with van der Waals surface area (Å²) in [6.07, 6.45) is 1.61. The molecule has 0 atom stereocenters. The Hall–Kier alpha value is -2.32. The minimum Gasteiger partial charge on any atom is -0.743 e. The lowest BCUT2D eigenvalue weighted by Gasteiger charge is -2.18. The highest BCUT2D eigenvalue weighted by Gasteiger charge is 2.48. The second-order valence-electron chi connectivity index (χ2n) is 4.61. The lowest BCUT2D eigenvalue weighted by Crippen LogP contribution is -2.38. The largest absolute Gasteiger partial charge is 0.743 e. The predicted octanol–water partition coefficient (Wildman–Crippen LogP) is 2.66. The summed E-state index contributed by atoms with van der Waals surface area (Å²) in [4.78, 5) is 11.2. The molecule has 0 bridgehead atoms. The molecule has 2 aromatic carbocycles. The first-order chi connectivity index (χ1) is 10.7. The van der Waals surface area contributed by atoms with E-state index in [0.29, 0.717) is 10.9 Å². The lowest BCUT2D eigenvalue weighted by atomic mass is 10.00. The first-order valence-electron chi connectivity index (χ1n) is 6.32. The van der Waals surface area contributed by atoms with Crippen LogP contribution >= 0.6 is 0 Å². The molecule has 0 N–H and O–H groups in total. The number of ether oxygens (including phenoxy) is 1. The molecule has 5 nitrogen and oxygen atoms in total. The number of carbonyl (C=O) groups is 1. The van der Waals surface area contributed by atoms with Gasteiger partial charge in [0.25, 0.3) is 0 Å². The van der Waals surface area contributed by atoms with E-state index in [0.717, 1.165) is 10.9 Å². The van der Waals surface area contributed by atoms with Gasteiger partial charge in [-0.05, 0) is 21.9 Å². The molecule has 122 valence electrons. The van der Waals surface area contributed by atoms with Crippen molar-refractivity contribution in [3.63, 3.8) is 0 Å². The van der Waals surface area contributed by atoms with Gasteiger partial charge >= 0.3 is 11.2 Å². The minimum atomic E-state index is -6.13. The molecule has 0 heterocycles. The van der Waals surface area contributed by atoms with Gasteiger partial charge in [0, 0.05) is 0 Å². The predicted molar refractivity (Wildman–Crippen MR) is 78.5 cm³/mol. The van der Waals surface area contributed by atoms with Crippen LogP contribution in [-0.4, -0.2) is 24.2 Å². The summed E-state index contributed by atoms with van der Waals surface area (Å²) < 4.78 is 61.6. The number of fused-ring (bicyclic) bond motifs is 1. The Morgan fingerprint density at radius 1 is 1.22 bits per heavy atom. The number of halogens is 2. The number of alkyl halides is 2. The molecule has 2 aromatic rings. The maximum Gasteiger partial charge on any atom is 0.428 e. The zero-order valence-electron chi connectivity index (χ0n) is 11.7. The SMILES string of the molecule is C=Cc1ccc(COC(=O)C(F)(F)S(=O)(=O)[O-])c2ccccc12. The highest BCUT2D eigenvalue weighted by molar-refractivity contribution is 7.87. The molecule has 2 rings (SSSR count). The van der Waals surface area contributed by atoms with E-state index < -0.39 is 27.9 Å². The molecule has 0 spiro atoms.